The van der Waals surface area contributed by atoms with Crippen molar-refractivity contribution in [3.8, 4) is 0 Å². The monoisotopic (exact) mass is 212 g/mol. The van der Waals surface area contributed by atoms with Gasteiger partial charge in [0.1, 0.15) is 0 Å². The summed E-state index contributed by atoms with van der Waals surface area (Å²) >= 11 is 0. The van der Waals surface area contributed by atoms with Gasteiger partial charge in [-0.15, -0.1) is 0 Å². The highest BCUT2D eigenvalue weighted by atomic mass is 16.5. The molecule has 0 atom stereocenters. The van der Waals surface area contributed by atoms with Gasteiger partial charge in [-0.25, -0.2) is 4.79 Å². The Balaban J connectivity index is 1.87. The molecule has 0 unspecified atom stereocenters. The van der Waals surface area contributed by atoms with Crippen LogP contribution in [0.1, 0.15) is 25.7 Å². The van der Waals surface area contributed by atoms with Crippen molar-refractivity contribution >= 4 is 6.03 Å². The maximum Gasteiger partial charge on any atom is 0.320 e. The highest BCUT2D eigenvalue weighted by Gasteiger charge is 2.27. The van der Waals surface area contributed by atoms with Crippen LogP contribution < -0.4 is 0 Å². The fourth-order valence-electron chi connectivity index (χ4n) is 2.43. The molecule has 1 saturated heterocycles. The van der Waals surface area contributed by atoms with E-state index in [4.69, 9.17) is 4.74 Å². The lowest BCUT2D eigenvalue weighted by Gasteiger charge is -2.33. The summed E-state index contributed by atoms with van der Waals surface area (Å²) in [6, 6.07) is 0.658. The Hall–Kier alpha value is -0.770. The van der Waals surface area contributed by atoms with Gasteiger partial charge in [-0.1, -0.05) is 12.8 Å². The van der Waals surface area contributed by atoms with E-state index in [1.165, 1.54) is 25.7 Å². The number of urea groups is 1. The van der Waals surface area contributed by atoms with Gasteiger partial charge in [-0.2, -0.15) is 0 Å². The first kappa shape index (κ1) is 10.7. The second kappa shape index (κ2) is 4.84. The smallest absolute Gasteiger partial charge is 0.320 e. The van der Waals surface area contributed by atoms with Gasteiger partial charge in [-0.05, 0) is 12.8 Å². The Bertz CT molecular complexity index is 221. The van der Waals surface area contributed by atoms with E-state index in [-0.39, 0.29) is 6.03 Å². The van der Waals surface area contributed by atoms with Crippen molar-refractivity contribution in [3.05, 3.63) is 0 Å². The molecular formula is C11H20N2O2. The van der Waals surface area contributed by atoms with Crippen LogP contribution in [0.3, 0.4) is 0 Å². The summed E-state index contributed by atoms with van der Waals surface area (Å²) < 4.78 is 5.24. The number of hydrogen-bond donors (Lipinski definition) is 0. The van der Waals surface area contributed by atoms with E-state index in [1.807, 2.05) is 16.8 Å². The van der Waals surface area contributed by atoms with Crippen molar-refractivity contribution in [3.63, 3.8) is 0 Å². The van der Waals surface area contributed by atoms with Crippen LogP contribution in [0.2, 0.25) is 0 Å². The van der Waals surface area contributed by atoms with Gasteiger partial charge in [0.05, 0.1) is 13.2 Å². The summed E-state index contributed by atoms with van der Waals surface area (Å²) in [5.74, 6) is 0. The molecule has 86 valence electrons. The normalized spacial score (nSPS) is 23.1. The zero-order valence-electron chi connectivity index (χ0n) is 9.45. The first-order chi connectivity index (χ1) is 7.29. The third kappa shape index (κ3) is 2.43. The van der Waals surface area contributed by atoms with Crippen LogP contribution in [0, 0.1) is 0 Å². The van der Waals surface area contributed by atoms with Crippen LogP contribution in [0.5, 0.6) is 0 Å². The van der Waals surface area contributed by atoms with Gasteiger partial charge in [0.25, 0.3) is 0 Å². The molecule has 15 heavy (non-hydrogen) atoms. The molecule has 0 N–H and O–H groups in total. The maximum atomic E-state index is 12.1. The fourth-order valence-corrected chi connectivity index (χ4v) is 2.43. The Morgan fingerprint density at radius 1 is 1.27 bits per heavy atom. The molecule has 1 aliphatic carbocycles. The molecule has 4 heteroatoms. The van der Waals surface area contributed by atoms with Crippen LogP contribution in [0.15, 0.2) is 0 Å². The molecule has 0 spiro atoms. The summed E-state index contributed by atoms with van der Waals surface area (Å²) in [6.07, 6.45) is 4.88. The van der Waals surface area contributed by atoms with Crippen molar-refractivity contribution in [2.45, 2.75) is 31.7 Å². The zero-order chi connectivity index (χ0) is 10.7. The fraction of sp³-hybridized carbons (Fsp3) is 0.909. The summed E-state index contributed by atoms with van der Waals surface area (Å²) in [4.78, 5) is 15.9. The average molecular weight is 212 g/mol. The molecule has 1 heterocycles. The van der Waals surface area contributed by atoms with Gasteiger partial charge in [0.2, 0.25) is 0 Å². The van der Waals surface area contributed by atoms with Gasteiger partial charge < -0.3 is 14.5 Å². The highest BCUT2D eigenvalue weighted by Crippen LogP contribution is 2.23. The number of morpholine rings is 1. The van der Waals surface area contributed by atoms with Crippen molar-refractivity contribution in [1.82, 2.24) is 9.80 Å². The molecular weight excluding hydrogens is 192 g/mol. The minimum absolute atomic E-state index is 0.185. The molecule has 2 aliphatic rings. The minimum atomic E-state index is 0.185. The highest BCUT2D eigenvalue weighted by molar-refractivity contribution is 5.74. The number of rotatable bonds is 1. The Kier molecular flexibility index (Phi) is 3.46. The van der Waals surface area contributed by atoms with Crippen molar-refractivity contribution in [2.75, 3.05) is 33.4 Å². The number of carbonyl (C=O) groups excluding carboxylic acids is 1. The van der Waals surface area contributed by atoms with Crippen LogP contribution >= 0.6 is 0 Å². The van der Waals surface area contributed by atoms with Crippen molar-refractivity contribution < 1.29 is 9.53 Å². The third-order valence-corrected chi connectivity index (χ3v) is 3.46. The average Bonchev–Trinajstić information content (AvgIpc) is 2.82. The Labute approximate surface area is 91.2 Å². The molecule has 0 radical (unpaired) electrons. The molecule has 2 rings (SSSR count). The van der Waals surface area contributed by atoms with Crippen molar-refractivity contribution in [2.24, 2.45) is 0 Å². The topological polar surface area (TPSA) is 32.8 Å². The maximum absolute atomic E-state index is 12.1. The van der Waals surface area contributed by atoms with Crippen LogP contribution in [0.4, 0.5) is 4.79 Å². The standard InChI is InChI=1S/C11H20N2O2/c1-12(10-4-2-3-5-10)11(14)13-6-8-15-9-7-13/h10H,2-9H2,1H3. The van der Waals surface area contributed by atoms with Crippen LogP contribution in [-0.4, -0.2) is 55.2 Å². The van der Waals surface area contributed by atoms with Gasteiger partial charge >= 0.3 is 6.03 Å². The summed E-state index contributed by atoms with van der Waals surface area (Å²) in [5.41, 5.74) is 0. The van der Waals surface area contributed by atoms with E-state index in [1.54, 1.807) is 0 Å². The molecule has 0 aromatic heterocycles. The van der Waals surface area contributed by atoms with E-state index in [9.17, 15) is 4.79 Å². The lowest BCUT2D eigenvalue weighted by atomic mass is 10.2. The number of carbonyl (C=O) groups is 1. The molecule has 1 aliphatic heterocycles. The number of hydrogen-bond acceptors (Lipinski definition) is 2. The van der Waals surface area contributed by atoms with E-state index in [2.05, 4.69) is 0 Å². The predicted octanol–water partition coefficient (Wildman–Crippen LogP) is 1.31. The summed E-state index contributed by atoms with van der Waals surface area (Å²) in [7, 11) is 1.94. The van der Waals surface area contributed by atoms with Gasteiger partial charge in [0, 0.05) is 26.2 Å². The third-order valence-electron chi connectivity index (χ3n) is 3.46. The molecule has 4 nitrogen and oxygen atoms in total. The van der Waals surface area contributed by atoms with Crippen molar-refractivity contribution in [1.29, 1.82) is 0 Å². The van der Waals surface area contributed by atoms with Gasteiger partial charge in [-0.3, -0.25) is 0 Å². The largest absolute Gasteiger partial charge is 0.378 e. The molecule has 0 aromatic rings. The van der Waals surface area contributed by atoms with E-state index in [0.717, 1.165) is 13.1 Å². The van der Waals surface area contributed by atoms with Gasteiger partial charge in [0.15, 0.2) is 0 Å². The number of nitrogens with zero attached hydrogens (tertiary/aromatic N) is 2. The molecule has 0 bridgehead atoms. The summed E-state index contributed by atoms with van der Waals surface area (Å²) in [5, 5.41) is 0. The second-order valence-electron chi connectivity index (χ2n) is 4.43. The molecule has 1 saturated carbocycles. The molecule has 0 aromatic carbocycles. The van der Waals surface area contributed by atoms with Crippen LogP contribution in [-0.2, 0) is 4.74 Å². The SMILES string of the molecule is CN(C(=O)N1CCOCC1)C1CCCC1. The molecule has 2 fully saturated rings. The Morgan fingerprint density at radius 3 is 2.47 bits per heavy atom. The first-order valence-electron chi connectivity index (χ1n) is 5.88. The minimum Gasteiger partial charge on any atom is -0.378 e. The Morgan fingerprint density at radius 2 is 1.87 bits per heavy atom. The predicted molar refractivity (Wildman–Crippen MR) is 57.8 cm³/mol. The number of amides is 2. The number of ether oxygens (including phenoxy) is 1. The van der Waals surface area contributed by atoms with E-state index < -0.39 is 0 Å². The summed E-state index contributed by atoms with van der Waals surface area (Å²) in [6.45, 7) is 2.86. The quantitative estimate of drug-likeness (QED) is 0.656. The lowest BCUT2D eigenvalue weighted by Crippen LogP contribution is -2.49. The van der Waals surface area contributed by atoms with Crippen LogP contribution in [0.25, 0.3) is 0 Å². The second-order valence-corrected chi connectivity index (χ2v) is 4.43. The van der Waals surface area contributed by atoms with E-state index >= 15 is 0 Å². The first-order valence-corrected chi connectivity index (χ1v) is 5.88. The zero-order valence-corrected chi connectivity index (χ0v) is 9.45. The molecule has 2 amide bonds. The lowest BCUT2D eigenvalue weighted by molar-refractivity contribution is 0.0422. The van der Waals surface area contributed by atoms with E-state index in [0.29, 0.717) is 19.3 Å².